The van der Waals surface area contributed by atoms with Gasteiger partial charge in [0.2, 0.25) is 0 Å². The molecule has 8 nitrogen and oxygen atoms in total. The Morgan fingerprint density at radius 2 is 2.16 bits per heavy atom. The fraction of sp³-hybridized carbons (Fsp3) is 0.318. The number of H-pyrrole nitrogens is 1. The highest BCUT2D eigenvalue weighted by molar-refractivity contribution is 5.72. The summed E-state index contributed by atoms with van der Waals surface area (Å²) in [5.41, 5.74) is 2.67. The number of aromatic nitrogens is 5. The topological polar surface area (TPSA) is 92.2 Å². The Hall–Kier alpha value is -3.30. The number of halogens is 1. The average molecular weight is 421 g/mol. The molecular formula is C22H24FN7O. The van der Waals surface area contributed by atoms with Crippen molar-refractivity contribution < 1.29 is 9.13 Å². The largest absolute Gasteiger partial charge is 0.377 e. The van der Waals surface area contributed by atoms with E-state index < -0.39 is 0 Å². The number of hydrogen-bond acceptors (Lipinski definition) is 6. The Bertz CT molecular complexity index is 1160. The third-order valence-electron chi connectivity index (χ3n) is 5.39. The van der Waals surface area contributed by atoms with Crippen molar-refractivity contribution in [3.05, 3.63) is 71.6 Å². The van der Waals surface area contributed by atoms with Gasteiger partial charge in [0.15, 0.2) is 17.5 Å². The van der Waals surface area contributed by atoms with E-state index in [0.29, 0.717) is 24.0 Å². The molecule has 0 amide bonds. The maximum atomic E-state index is 13.6. The zero-order valence-corrected chi connectivity index (χ0v) is 17.2. The third kappa shape index (κ3) is 4.28. The van der Waals surface area contributed by atoms with E-state index in [2.05, 4.69) is 20.8 Å². The minimum Gasteiger partial charge on any atom is -0.377 e. The fourth-order valence-corrected chi connectivity index (χ4v) is 3.84. The number of fused-ring (bicyclic) bond motifs is 1. The first-order chi connectivity index (χ1) is 15.2. The van der Waals surface area contributed by atoms with Gasteiger partial charge >= 0.3 is 0 Å². The molecule has 160 valence electrons. The molecule has 2 unspecified atom stereocenters. The molecule has 0 spiro atoms. The molecule has 0 radical (unpaired) electrons. The summed E-state index contributed by atoms with van der Waals surface area (Å²) >= 11 is 0. The van der Waals surface area contributed by atoms with Crippen molar-refractivity contribution in [1.82, 2.24) is 30.1 Å². The molecule has 3 N–H and O–H groups in total. The Labute approximate surface area is 178 Å². The van der Waals surface area contributed by atoms with Crippen LogP contribution < -0.4 is 10.6 Å². The quantitative estimate of drug-likeness (QED) is 0.423. The predicted octanol–water partition coefficient (Wildman–Crippen LogP) is 3.50. The number of nitrogens with one attached hydrogen (secondary N) is 3. The van der Waals surface area contributed by atoms with Crippen LogP contribution in [0.15, 0.2) is 48.7 Å². The van der Waals surface area contributed by atoms with Crippen molar-refractivity contribution in [1.29, 1.82) is 0 Å². The van der Waals surface area contributed by atoms with Gasteiger partial charge in [-0.25, -0.2) is 13.9 Å². The summed E-state index contributed by atoms with van der Waals surface area (Å²) in [5.74, 6) is 1.62. The molecular weight excluding hydrogens is 397 g/mol. The van der Waals surface area contributed by atoms with E-state index in [9.17, 15) is 4.39 Å². The lowest BCUT2D eigenvalue weighted by Gasteiger charge is -2.21. The normalized spacial score (nSPS) is 17.3. The van der Waals surface area contributed by atoms with Gasteiger partial charge in [0, 0.05) is 31.1 Å². The fourth-order valence-electron chi connectivity index (χ4n) is 3.84. The first kappa shape index (κ1) is 19.7. The van der Waals surface area contributed by atoms with E-state index in [0.717, 1.165) is 36.2 Å². The highest BCUT2D eigenvalue weighted by Crippen LogP contribution is 2.25. The number of ether oxygens (including phenoxy) is 1. The molecule has 1 aliphatic rings. The predicted molar refractivity (Wildman–Crippen MR) is 115 cm³/mol. The van der Waals surface area contributed by atoms with Crippen LogP contribution in [0.5, 0.6) is 0 Å². The second kappa shape index (κ2) is 8.44. The number of benzene rings is 1. The molecule has 2 atom stereocenters. The lowest BCUT2D eigenvalue weighted by Crippen LogP contribution is -2.32. The second-order valence-electron chi connectivity index (χ2n) is 7.75. The van der Waals surface area contributed by atoms with Crippen molar-refractivity contribution in [3.8, 4) is 0 Å². The summed E-state index contributed by atoms with van der Waals surface area (Å²) in [6.07, 6.45) is 4.12. The molecule has 3 aromatic heterocycles. The number of nitrogens with zero attached hydrogens (tertiary/aromatic N) is 4. The van der Waals surface area contributed by atoms with Crippen LogP contribution in [-0.4, -0.2) is 44.1 Å². The number of hydrogen-bond donors (Lipinski definition) is 3. The summed E-state index contributed by atoms with van der Waals surface area (Å²) in [4.78, 5) is 4.83. The number of aromatic amines is 1. The average Bonchev–Trinajstić information content (AvgIpc) is 3.52. The van der Waals surface area contributed by atoms with Gasteiger partial charge in [0.25, 0.3) is 0 Å². The molecule has 1 aliphatic heterocycles. The first-order valence-electron chi connectivity index (χ1n) is 10.4. The van der Waals surface area contributed by atoms with E-state index in [-0.39, 0.29) is 18.0 Å². The van der Waals surface area contributed by atoms with Gasteiger partial charge in [0.05, 0.1) is 12.1 Å². The first-order valence-corrected chi connectivity index (χ1v) is 10.4. The summed E-state index contributed by atoms with van der Waals surface area (Å²) in [6, 6.07) is 11.9. The van der Waals surface area contributed by atoms with Crippen LogP contribution in [0.2, 0.25) is 0 Å². The molecule has 0 bridgehead atoms. The van der Waals surface area contributed by atoms with Crippen LogP contribution in [0.1, 0.15) is 36.0 Å². The van der Waals surface area contributed by atoms with E-state index >= 15 is 0 Å². The second-order valence-corrected chi connectivity index (χ2v) is 7.75. The smallest absolute Gasteiger partial charge is 0.173 e. The maximum Gasteiger partial charge on any atom is 0.173 e. The summed E-state index contributed by atoms with van der Waals surface area (Å²) in [6.45, 7) is 3.39. The van der Waals surface area contributed by atoms with Gasteiger partial charge < -0.3 is 15.4 Å². The Balaban J connectivity index is 1.52. The monoisotopic (exact) mass is 421 g/mol. The van der Waals surface area contributed by atoms with Crippen molar-refractivity contribution in [2.24, 2.45) is 0 Å². The van der Waals surface area contributed by atoms with Gasteiger partial charge in [-0.15, -0.1) is 0 Å². The molecule has 1 saturated heterocycles. The zero-order chi connectivity index (χ0) is 21.2. The number of aryl methyl sites for hydroxylation is 1. The minimum absolute atomic E-state index is 0.155. The summed E-state index contributed by atoms with van der Waals surface area (Å²) in [5, 5.41) is 18.7. The van der Waals surface area contributed by atoms with Gasteiger partial charge in [-0.3, -0.25) is 5.10 Å². The van der Waals surface area contributed by atoms with Crippen LogP contribution in [0.4, 0.5) is 16.0 Å². The maximum absolute atomic E-state index is 13.6. The van der Waals surface area contributed by atoms with Gasteiger partial charge in [-0.2, -0.15) is 10.2 Å². The lowest BCUT2D eigenvalue weighted by molar-refractivity contribution is 0.108. The van der Waals surface area contributed by atoms with Crippen molar-refractivity contribution in [2.75, 3.05) is 18.5 Å². The molecule has 0 saturated carbocycles. The van der Waals surface area contributed by atoms with Crippen LogP contribution in [0.25, 0.3) is 5.52 Å². The number of anilines is 2. The standard InChI is InChI=1S/C22H24FN7O/c1-14-12-19(28-27-14)25-21-18-5-2-10-30(18)29-22(26-21)20(15-6-8-16(23)9-7-15)24-13-17-4-3-11-31-17/h2,5-10,12,17,20,24H,3-4,11,13H2,1H3,(H2,25,26,27,28,29). The van der Waals surface area contributed by atoms with E-state index in [1.54, 1.807) is 16.6 Å². The Morgan fingerprint density at radius 3 is 2.90 bits per heavy atom. The highest BCUT2D eigenvalue weighted by atomic mass is 19.1. The Morgan fingerprint density at radius 1 is 1.29 bits per heavy atom. The van der Waals surface area contributed by atoms with E-state index in [4.69, 9.17) is 14.8 Å². The van der Waals surface area contributed by atoms with Gasteiger partial charge in [-0.1, -0.05) is 12.1 Å². The minimum atomic E-state index is -0.321. The third-order valence-corrected chi connectivity index (χ3v) is 5.39. The van der Waals surface area contributed by atoms with Crippen molar-refractivity contribution >= 4 is 17.2 Å². The summed E-state index contributed by atoms with van der Waals surface area (Å²) < 4.78 is 21.1. The number of rotatable bonds is 7. The Kier molecular flexibility index (Phi) is 5.35. The van der Waals surface area contributed by atoms with E-state index in [1.807, 2.05) is 31.3 Å². The van der Waals surface area contributed by atoms with Crippen LogP contribution >= 0.6 is 0 Å². The lowest BCUT2D eigenvalue weighted by atomic mass is 10.1. The molecule has 5 rings (SSSR count). The zero-order valence-electron chi connectivity index (χ0n) is 17.2. The van der Waals surface area contributed by atoms with Gasteiger partial charge in [0.1, 0.15) is 11.3 Å². The highest BCUT2D eigenvalue weighted by Gasteiger charge is 2.23. The molecule has 1 fully saturated rings. The SMILES string of the molecule is Cc1cc(Nc2nc(C(NCC3CCCO3)c3ccc(F)cc3)nn3cccc23)n[nH]1. The van der Waals surface area contributed by atoms with Crippen LogP contribution in [0, 0.1) is 12.7 Å². The van der Waals surface area contributed by atoms with Crippen LogP contribution in [0.3, 0.4) is 0 Å². The molecule has 1 aromatic carbocycles. The van der Waals surface area contributed by atoms with Crippen molar-refractivity contribution in [3.63, 3.8) is 0 Å². The van der Waals surface area contributed by atoms with E-state index in [1.165, 1.54) is 12.1 Å². The van der Waals surface area contributed by atoms with Crippen LogP contribution in [-0.2, 0) is 4.74 Å². The van der Waals surface area contributed by atoms with Crippen molar-refractivity contribution in [2.45, 2.75) is 31.9 Å². The summed E-state index contributed by atoms with van der Waals surface area (Å²) in [7, 11) is 0. The molecule has 9 heteroatoms. The molecule has 0 aliphatic carbocycles. The molecule has 4 aromatic rings. The van der Waals surface area contributed by atoms with Gasteiger partial charge in [-0.05, 0) is 49.6 Å². The molecule has 31 heavy (non-hydrogen) atoms. The molecule has 4 heterocycles.